The van der Waals surface area contributed by atoms with Crippen molar-refractivity contribution >= 4 is 39.9 Å². The highest BCUT2D eigenvalue weighted by Crippen LogP contribution is 2.29. The van der Waals surface area contributed by atoms with E-state index in [-0.39, 0.29) is 17.8 Å². The quantitative estimate of drug-likeness (QED) is 0.464. The number of nitrogens with two attached hydrogens (primary N) is 1. The fraction of sp³-hybridized carbons (Fsp3) is 0.130. The Bertz CT molecular complexity index is 1240. The fourth-order valence-corrected chi connectivity index (χ4v) is 3.41. The van der Waals surface area contributed by atoms with E-state index in [1.807, 2.05) is 73.3 Å². The number of amides is 1. The largest absolute Gasteiger partial charge is 0.482 e. The summed E-state index contributed by atoms with van der Waals surface area (Å²) in [6.07, 6.45) is 3.13. The second-order valence-electron chi connectivity index (χ2n) is 7.08. The molecular formula is C23H21ClN4O2. The number of nitrogens with one attached hydrogen (secondary N) is 1. The number of hydrogen-bond donors (Lipinski definition) is 2. The molecule has 0 saturated carbocycles. The molecule has 152 valence electrons. The number of aryl methyl sites for hydroxylation is 1. The molecule has 1 amide bonds. The summed E-state index contributed by atoms with van der Waals surface area (Å²) in [4.78, 5) is 16.8. The van der Waals surface area contributed by atoms with E-state index >= 15 is 0 Å². The molecule has 0 aliphatic heterocycles. The second-order valence-corrected chi connectivity index (χ2v) is 7.51. The van der Waals surface area contributed by atoms with Crippen molar-refractivity contribution in [3.8, 4) is 5.75 Å². The third-order valence-electron chi connectivity index (χ3n) is 4.92. The molecular weight excluding hydrogens is 400 g/mol. The molecule has 30 heavy (non-hydrogen) atoms. The van der Waals surface area contributed by atoms with Gasteiger partial charge in [-0.3, -0.25) is 4.79 Å². The van der Waals surface area contributed by atoms with Crippen molar-refractivity contribution in [1.29, 1.82) is 0 Å². The van der Waals surface area contributed by atoms with Gasteiger partial charge in [0.1, 0.15) is 6.10 Å². The number of pyridine rings is 1. The minimum absolute atomic E-state index is 0.174. The SMILES string of the molecule is C[C@@H](Oc1cc(Cl)cnc1N)c1cccc(NC(=O)c2ccc3ccn(C)c3c2)c1. The first-order valence-corrected chi connectivity index (χ1v) is 9.82. The van der Waals surface area contributed by atoms with Crippen molar-refractivity contribution in [3.05, 3.63) is 83.1 Å². The Labute approximate surface area is 179 Å². The number of fused-ring (bicyclic) bond motifs is 1. The average Bonchev–Trinajstić information content (AvgIpc) is 3.11. The molecule has 7 heteroatoms. The highest BCUT2D eigenvalue weighted by molar-refractivity contribution is 6.30. The van der Waals surface area contributed by atoms with Crippen molar-refractivity contribution in [1.82, 2.24) is 9.55 Å². The summed E-state index contributed by atoms with van der Waals surface area (Å²) < 4.78 is 7.91. The number of aromatic nitrogens is 2. The van der Waals surface area contributed by atoms with Crippen molar-refractivity contribution in [2.24, 2.45) is 7.05 Å². The molecule has 0 fully saturated rings. The van der Waals surface area contributed by atoms with Crippen LogP contribution in [0.1, 0.15) is 28.9 Å². The topological polar surface area (TPSA) is 82.2 Å². The molecule has 1 atom stereocenters. The number of nitrogens with zero attached hydrogens (tertiary/aromatic N) is 2. The summed E-state index contributed by atoms with van der Waals surface area (Å²) in [5.74, 6) is 0.513. The fourth-order valence-electron chi connectivity index (χ4n) is 3.26. The third kappa shape index (κ3) is 4.09. The van der Waals surface area contributed by atoms with E-state index in [0.29, 0.717) is 22.0 Å². The maximum atomic E-state index is 12.8. The summed E-state index contributed by atoms with van der Waals surface area (Å²) in [7, 11) is 1.96. The molecule has 4 rings (SSSR count). The normalized spacial score (nSPS) is 12.0. The lowest BCUT2D eigenvalue weighted by atomic mass is 10.1. The predicted molar refractivity (Wildman–Crippen MR) is 120 cm³/mol. The van der Waals surface area contributed by atoms with Crippen LogP contribution in [0.15, 0.2) is 67.0 Å². The second kappa shape index (κ2) is 8.08. The average molecular weight is 421 g/mol. The molecule has 2 heterocycles. The Kier molecular flexibility index (Phi) is 5.33. The molecule has 0 aliphatic rings. The lowest BCUT2D eigenvalue weighted by Crippen LogP contribution is -2.13. The Morgan fingerprint density at radius 3 is 2.87 bits per heavy atom. The smallest absolute Gasteiger partial charge is 0.255 e. The van der Waals surface area contributed by atoms with Gasteiger partial charge in [-0.25, -0.2) is 4.98 Å². The third-order valence-corrected chi connectivity index (χ3v) is 5.12. The molecule has 0 aliphatic carbocycles. The standard InChI is InChI=1S/C23H21ClN4O2/c1-14(30-21-12-18(24)13-26-22(21)25)16-4-3-5-19(10-16)27-23(29)17-7-6-15-8-9-28(2)20(15)11-17/h3-14H,1-2H3,(H2,25,26)(H,27,29)/t14-/m1/s1. The van der Waals surface area contributed by atoms with Crippen LogP contribution in [0, 0.1) is 0 Å². The van der Waals surface area contributed by atoms with Crippen LogP contribution in [0.4, 0.5) is 11.5 Å². The first-order valence-electron chi connectivity index (χ1n) is 9.45. The molecule has 0 radical (unpaired) electrons. The summed E-state index contributed by atoms with van der Waals surface area (Å²) in [6.45, 7) is 1.89. The Hall–Kier alpha value is -3.51. The molecule has 2 aromatic heterocycles. The van der Waals surface area contributed by atoms with E-state index in [1.165, 1.54) is 6.20 Å². The van der Waals surface area contributed by atoms with Crippen LogP contribution in [0.3, 0.4) is 0 Å². The van der Waals surface area contributed by atoms with E-state index in [4.69, 9.17) is 22.1 Å². The van der Waals surface area contributed by atoms with Crippen LogP contribution in [0.5, 0.6) is 5.75 Å². The number of carbonyl (C=O) groups excluding carboxylic acids is 1. The van der Waals surface area contributed by atoms with Gasteiger partial charge in [-0.05, 0) is 48.2 Å². The summed E-state index contributed by atoms with van der Waals surface area (Å²) in [6, 6.07) is 16.8. The number of carbonyl (C=O) groups is 1. The van der Waals surface area contributed by atoms with Crippen LogP contribution in [0.2, 0.25) is 5.02 Å². The van der Waals surface area contributed by atoms with Crippen molar-refractivity contribution < 1.29 is 9.53 Å². The van der Waals surface area contributed by atoms with Gasteiger partial charge in [0.25, 0.3) is 5.91 Å². The predicted octanol–water partition coefficient (Wildman–Crippen LogP) is 5.20. The van der Waals surface area contributed by atoms with E-state index in [9.17, 15) is 4.79 Å². The van der Waals surface area contributed by atoms with E-state index in [1.54, 1.807) is 6.07 Å². The number of anilines is 2. The number of rotatable bonds is 5. The highest BCUT2D eigenvalue weighted by Gasteiger charge is 2.13. The molecule has 0 saturated heterocycles. The maximum absolute atomic E-state index is 12.8. The van der Waals surface area contributed by atoms with Crippen molar-refractivity contribution in [3.63, 3.8) is 0 Å². The van der Waals surface area contributed by atoms with Crippen LogP contribution in [-0.2, 0) is 7.05 Å². The van der Waals surface area contributed by atoms with Gasteiger partial charge in [-0.15, -0.1) is 0 Å². The lowest BCUT2D eigenvalue weighted by Gasteiger charge is -2.17. The van der Waals surface area contributed by atoms with Gasteiger partial charge < -0.3 is 20.4 Å². The number of hydrogen-bond acceptors (Lipinski definition) is 4. The summed E-state index contributed by atoms with van der Waals surface area (Å²) >= 11 is 5.98. The molecule has 4 aromatic rings. The van der Waals surface area contributed by atoms with E-state index in [0.717, 1.165) is 16.5 Å². The number of halogens is 1. The lowest BCUT2D eigenvalue weighted by molar-refractivity contribution is 0.102. The van der Waals surface area contributed by atoms with Gasteiger partial charge in [0.2, 0.25) is 0 Å². The first kappa shape index (κ1) is 19.8. The summed E-state index contributed by atoms with van der Waals surface area (Å²) in [5.41, 5.74) is 9.02. The zero-order valence-corrected chi connectivity index (χ0v) is 17.4. The van der Waals surface area contributed by atoms with Gasteiger partial charge in [-0.2, -0.15) is 0 Å². The van der Waals surface area contributed by atoms with Gasteiger partial charge in [0.15, 0.2) is 11.6 Å². The highest BCUT2D eigenvalue weighted by atomic mass is 35.5. The van der Waals surface area contributed by atoms with Gasteiger partial charge in [-0.1, -0.05) is 29.8 Å². The van der Waals surface area contributed by atoms with Crippen LogP contribution in [-0.4, -0.2) is 15.5 Å². The molecule has 6 nitrogen and oxygen atoms in total. The molecule has 2 aromatic carbocycles. The van der Waals surface area contributed by atoms with Crippen molar-refractivity contribution in [2.45, 2.75) is 13.0 Å². The number of nitrogen functional groups attached to an aromatic ring is 1. The van der Waals surface area contributed by atoms with E-state index in [2.05, 4.69) is 10.3 Å². The van der Waals surface area contributed by atoms with Crippen LogP contribution in [0.25, 0.3) is 10.9 Å². The maximum Gasteiger partial charge on any atom is 0.255 e. The van der Waals surface area contributed by atoms with Gasteiger partial charge >= 0.3 is 0 Å². The number of benzene rings is 2. The molecule has 0 spiro atoms. The summed E-state index contributed by atoms with van der Waals surface area (Å²) in [5, 5.41) is 4.49. The monoisotopic (exact) mass is 420 g/mol. The minimum Gasteiger partial charge on any atom is -0.482 e. The van der Waals surface area contributed by atoms with Gasteiger partial charge in [0, 0.05) is 42.3 Å². The Morgan fingerprint density at radius 2 is 2.03 bits per heavy atom. The van der Waals surface area contributed by atoms with Crippen LogP contribution >= 0.6 is 11.6 Å². The van der Waals surface area contributed by atoms with Crippen LogP contribution < -0.4 is 15.8 Å². The first-order chi connectivity index (χ1) is 14.4. The van der Waals surface area contributed by atoms with E-state index < -0.39 is 0 Å². The number of ether oxygens (including phenoxy) is 1. The Morgan fingerprint density at radius 1 is 1.20 bits per heavy atom. The van der Waals surface area contributed by atoms with Gasteiger partial charge in [0.05, 0.1) is 5.02 Å². The Balaban J connectivity index is 1.51. The molecule has 0 bridgehead atoms. The zero-order valence-electron chi connectivity index (χ0n) is 16.6. The minimum atomic E-state index is -0.316. The van der Waals surface area contributed by atoms with Crippen molar-refractivity contribution in [2.75, 3.05) is 11.1 Å². The molecule has 0 unspecified atom stereocenters. The molecule has 3 N–H and O–H groups in total. The zero-order chi connectivity index (χ0) is 21.3.